The standard InChI is InChI=1S/C27H32F2N2O5.C23H24F2N2O4/c1-26(2,3)36-24(33)27(4,5)35-21-11-9-17(10-12-21)7-6-8-22-23(32)31(25(34)30-22)16-18-13-19(28)15-20(29)14-18;1-23(2,21(28)29)31-20-8-6-15(7-9-20)4-3-5-19-14-27(22(30)26-19)13-16-10-17(24)12-18(25)11-16/h9-15,22H,6-8,16H2,1-5H3,(H,30,34);6-12,14H,3-5,13H2,1-2H3,(H,26,30)(H,28,29). The molecule has 6 rings (SSSR count). The van der Waals surface area contributed by atoms with Crippen LogP contribution in [0.15, 0.2) is 95.9 Å². The number of carboxylic acid groups (broad SMARTS) is 1. The summed E-state index contributed by atoms with van der Waals surface area (Å²) in [6.07, 6.45) is 5.52. The number of benzene rings is 4. The molecular formula is C50H56F4N4O9. The molecule has 17 heteroatoms. The van der Waals surface area contributed by atoms with Gasteiger partial charge in [-0.3, -0.25) is 14.3 Å². The van der Waals surface area contributed by atoms with Crippen LogP contribution >= 0.6 is 0 Å². The third kappa shape index (κ3) is 15.3. The van der Waals surface area contributed by atoms with Gasteiger partial charge in [-0.2, -0.15) is 0 Å². The van der Waals surface area contributed by atoms with Crippen LogP contribution in [-0.2, 0) is 51.5 Å². The lowest BCUT2D eigenvalue weighted by Crippen LogP contribution is -2.43. The Bertz CT molecular complexity index is 2560. The van der Waals surface area contributed by atoms with Crippen molar-refractivity contribution in [1.29, 1.82) is 0 Å². The largest absolute Gasteiger partial charge is 0.478 e. The lowest BCUT2D eigenvalue weighted by molar-refractivity contribution is -0.171. The average molecular weight is 933 g/mol. The summed E-state index contributed by atoms with van der Waals surface area (Å²) in [6.45, 7) is 11.5. The summed E-state index contributed by atoms with van der Waals surface area (Å²) in [5.41, 5.74) is -0.0362. The highest BCUT2D eigenvalue weighted by atomic mass is 19.1. The lowest BCUT2D eigenvalue weighted by atomic mass is 10.0. The number of H-pyrrole nitrogens is 1. The third-order valence-corrected chi connectivity index (χ3v) is 10.4. The molecule has 0 spiro atoms. The van der Waals surface area contributed by atoms with E-state index >= 15 is 0 Å². The first-order valence-corrected chi connectivity index (χ1v) is 21.7. The number of carboxylic acids is 1. The molecule has 3 N–H and O–H groups in total. The molecule has 4 aromatic carbocycles. The van der Waals surface area contributed by atoms with E-state index in [0.29, 0.717) is 42.7 Å². The van der Waals surface area contributed by atoms with E-state index in [1.54, 1.807) is 65.1 Å². The molecule has 13 nitrogen and oxygen atoms in total. The quantitative estimate of drug-likeness (QED) is 0.0442. The van der Waals surface area contributed by atoms with E-state index < -0.39 is 70.0 Å². The summed E-state index contributed by atoms with van der Waals surface area (Å²) in [6, 6.07) is 19.4. The molecule has 5 aromatic rings. The first-order valence-electron chi connectivity index (χ1n) is 21.7. The van der Waals surface area contributed by atoms with Crippen molar-refractivity contribution in [3.8, 4) is 11.5 Å². The molecule has 1 fully saturated rings. The number of hydrogen-bond donors (Lipinski definition) is 3. The average Bonchev–Trinajstić information content (AvgIpc) is 3.69. The fraction of sp³-hybridized carbons (Fsp3) is 0.380. The van der Waals surface area contributed by atoms with Crippen LogP contribution in [0.3, 0.4) is 0 Å². The Labute approximate surface area is 386 Å². The first kappa shape index (κ1) is 51.1. The number of imide groups is 1. The number of rotatable bonds is 18. The molecule has 0 radical (unpaired) electrons. The van der Waals surface area contributed by atoms with Gasteiger partial charge in [0.2, 0.25) is 0 Å². The highest BCUT2D eigenvalue weighted by Crippen LogP contribution is 2.25. The van der Waals surface area contributed by atoms with Crippen molar-refractivity contribution in [2.45, 2.75) is 123 Å². The van der Waals surface area contributed by atoms with Crippen molar-refractivity contribution in [1.82, 2.24) is 19.8 Å². The van der Waals surface area contributed by atoms with Crippen LogP contribution in [0.1, 0.15) is 95.7 Å². The number of amides is 3. The molecule has 1 aliphatic rings. The number of aliphatic carboxylic acids is 1. The Hall–Kier alpha value is -6.91. The van der Waals surface area contributed by atoms with Gasteiger partial charge in [-0.1, -0.05) is 24.3 Å². The van der Waals surface area contributed by atoms with Gasteiger partial charge in [-0.05, 0) is 158 Å². The normalized spacial score (nSPS) is 14.0. The third-order valence-electron chi connectivity index (χ3n) is 10.4. The van der Waals surface area contributed by atoms with Crippen LogP contribution in [0.25, 0.3) is 0 Å². The molecule has 1 unspecified atom stereocenters. The molecule has 0 bridgehead atoms. The molecule has 2 heterocycles. The van der Waals surface area contributed by atoms with Gasteiger partial charge in [-0.25, -0.2) is 36.7 Å². The first-order chi connectivity index (χ1) is 31.4. The van der Waals surface area contributed by atoms with Crippen LogP contribution in [-0.4, -0.2) is 66.3 Å². The Kier molecular flexibility index (Phi) is 16.5. The number of ether oxygens (including phenoxy) is 3. The summed E-state index contributed by atoms with van der Waals surface area (Å²) >= 11 is 0. The van der Waals surface area contributed by atoms with Gasteiger partial charge < -0.3 is 29.6 Å². The summed E-state index contributed by atoms with van der Waals surface area (Å²) in [4.78, 5) is 64.3. The van der Waals surface area contributed by atoms with Gasteiger partial charge in [0.25, 0.3) is 5.91 Å². The molecule has 67 heavy (non-hydrogen) atoms. The number of aryl methyl sites for hydroxylation is 3. The Morgan fingerprint density at radius 3 is 1.61 bits per heavy atom. The highest BCUT2D eigenvalue weighted by molar-refractivity contribution is 6.04. The second-order valence-corrected chi connectivity index (χ2v) is 18.3. The number of nitrogens with one attached hydrogen (secondary N) is 2. The molecule has 1 aliphatic heterocycles. The van der Waals surface area contributed by atoms with Crippen molar-refractivity contribution < 1.29 is 56.1 Å². The van der Waals surface area contributed by atoms with E-state index in [2.05, 4.69) is 10.3 Å². The van der Waals surface area contributed by atoms with E-state index in [1.807, 2.05) is 24.3 Å². The number of aromatic nitrogens is 2. The molecule has 1 saturated heterocycles. The summed E-state index contributed by atoms with van der Waals surface area (Å²) in [5.74, 6) is -3.80. The zero-order valence-electron chi connectivity index (χ0n) is 38.5. The van der Waals surface area contributed by atoms with Gasteiger partial charge in [-0.15, -0.1) is 0 Å². The predicted octanol–water partition coefficient (Wildman–Crippen LogP) is 8.83. The Morgan fingerprint density at radius 2 is 1.12 bits per heavy atom. The van der Waals surface area contributed by atoms with Crippen molar-refractivity contribution in [3.05, 3.63) is 153 Å². The second-order valence-electron chi connectivity index (χ2n) is 18.3. The van der Waals surface area contributed by atoms with Gasteiger partial charge >= 0.3 is 23.7 Å². The van der Waals surface area contributed by atoms with Crippen molar-refractivity contribution in [2.24, 2.45) is 0 Å². The van der Waals surface area contributed by atoms with Crippen molar-refractivity contribution in [3.63, 3.8) is 0 Å². The van der Waals surface area contributed by atoms with E-state index in [9.17, 15) is 41.5 Å². The molecule has 3 amide bonds. The monoisotopic (exact) mass is 932 g/mol. The van der Waals surface area contributed by atoms with E-state index in [-0.39, 0.29) is 24.3 Å². The number of halogens is 4. The fourth-order valence-corrected chi connectivity index (χ4v) is 6.96. The number of imidazole rings is 1. The number of urea groups is 1. The van der Waals surface area contributed by atoms with E-state index in [0.717, 1.165) is 58.8 Å². The van der Waals surface area contributed by atoms with Gasteiger partial charge in [0.15, 0.2) is 11.2 Å². The van der Waals surface area contributed by atoms with E-state index in [4.69, 9.17) is 19.3 Å². The van der Waals surface area contributed by atoms with Crippen molar-refractivity contribution >= 4 is 23.9 Å². The van der Waals surface area contributed by atoms with Crippen LogP contribution in [0.2, 0.25) is 0 Å². The summed E-state index contributed by atoms with van der Waals surface area (Å²) in [5, 5.41) is 11.8. The number of carbonyl (C=O) groups is 4. The topological polar surface area (TPSA) is 169 Å². The minimum absolute atomic E-state index is 0.0815. The SMILES string of the molecule is CC(C)(C)OC(=O)C(C)(C)Oc1ccc(CCCC2NC(=O)N(Cc3cc(F)cc(F)c3)C2=O)cc1.CC(C)(Oc1ccc(CCCc2cn(Cc3cc(F)cc(F)c3)c(=O)[nH]2)cc1)C(=O)O. The maximum atomic E-state index is 13.4. The van der Waals surface area contributed by atoms with Crippen LogP contribution in [0, 0.1) is 23.3 Å². The summed E-state index contributed by atoms with van der Waals surface area (Å²) < 4.78 is 71.6. The zero-order chi connectivity index (χ0) is 49.3. The number of esters is 1. The number of carbonyl (C=O) groups excluding carboxylic acids is 3. The molecule has 358 valence electrons. The van der Waals surface area contributed by atoms with Crippen molar-refractivity contribution in [2.75, 3.05) is 0 Å². The maximum absolute atomic E-state index is 13.4. The Balaban J connectivity index is 0.000000254. The number of nitrogens with zero attached hydrogens (tertiary/aromatic N) is 2. The van der Waals surface area contributed by atoms with Crippen LogP contribution in [0.4, 0.5) is 22.4 Å². The fourth-order valence-electron chi connectivity index (χ4n) is 6.96. The maximum Gasteiger partial charge on any atom is 0.350 e. The summed E-state index contributed by atoms with van der Waals surface area (Å²) in [7, 11) is 0. The van der Waals surface area contributed by atoms with Gasteiger partial charge in [0.1, 0.15) is 46.4 Å². The lowest BCUT2D eigenvalue weighted by Gasteiger charge is -2.29. The number of aromatic amines is 1. The molecular weight excluding hydrogens is 877 g/mol. The van der Waals surface area contributed by atoms with Gasteiger partial charge in [0.05, 0.1) is 13.1 Å². The van der Waals surface area contributed by atoms with Gasteiger partial charge in [0, 0.05) is 24.0 Å². The zero-order valence-corrected chi connectivity index (χ0v) is 38.5. The van der Waals surface area contributed by atoms with Crippen LogP contribution < -0.4 is 20.5 Å². The highest BCUT2D eigenvalue weighted by Gasteiger charge is 2.38. The van der Waals surface area contributed by atoms with E-state index in [1.165, 1.54) is 30.5 Å². The minimum Gasteiger partial charge on any atom is -0.478 e. The predicted molar refractivity (Wildman–Crippen MR) is 240 cm³/mol. The Morgan fingerprint density at radius 1 is 0.642 bits per heavy atom. The molecule has 0 aliphatic carbocycles. The smallest absolute Gasteiger partial charge is 0.350 e. The minimum atomic E-state index is -1.31. The second kappa shape index (κ2) is 21.6. The molecule has 1 aromatic heterocycles. The number of hydrogen-bond acceptors (Lipinski definition) is 8. The van der Waals surface area contributed by atoms with Crippen LogP contribution in [0.5, 0.6) is 11.5 Å². The molecule has 0 saturated carbocycles. The molecule has 1 atom stereocenters.